The van der Waals surface area contributed by atoms with Crippen LogP contribution in [-0.4, -0.2) is 13.1 Å². The standard InChI is InChI=1S/C16H25NO2.ClH/c1-15(2,3)12-9-7-11(8-10-12)13(17)16(4,5)14(18)19-6;/h7-10,13H,17H2,1-6H3;1H/t13-;/m1./s1. The van der Waals surface area contributed by atoms with Crippen LogP contribution in [0.5, 0.6) is 0 Å². The zero-order chi connectivity index (χ0) is 14.8. The lowest BCUT2D eigenvalue weighted by Crippen LogP contribution is -2.37. The lowest BCUT2D eigenvalue weighted by atomic mass is 9.79. The van der Waals surface area contributed by atoms with Crippen molar-refractivity contribution in [2.75, 3.05) is 7.11 Å². The van der Waals surface area contributed by atoms with Gasteiger partial charge in [0.05, 0.1) is 12.5 Å². The maximum Gasteiger partial charge on any atom is 0.313 e. The Balaban J connectivity index is 0.00000361. The molecule has 0 unspecified atom stereocenters. The third kappa shape index (κ3) is 3.97. The number of ether oxygens (including phenoxy) is 1. The fraction of sp³-hybridized carbons (Fsp3) is 0.562. The van der Waals surface area contributed by atoms with Gasteiger partial charge in [0.1, 0.15) is 0 Å². The summed E-state index contributed by atoms with van der Waals surface area (Å²) >= 11 is 0. The van der Waals surface area contributed by atoms with Crippen LogP contribution in [0.2, 0.25) is 0 Å². The van der Waals surface area contributed by atoms with Crippen molar-refractivity contribution in [2.45, 2.75) is 46.1 Å². The number of halogens is 1. The van der Waals surface area contributed by atoms with Crippen LogP contribution in [0.15, 0.2) is 24.3 Å². The van der Waals surface area contributed by atoms with Crippen LogP contribution < -0.4 is 5.73 Å². The van der Waals surface area contributed by atoms with Gasteiger partial charge in [0.15, 0.2) is 0 Å². The summed E-state index contributed by atoms with van der Waals surface area (Å²) in [6.45, 7) is 10.1. The zero-order valence-electron chi connectivity index (χ0n) is 13.2. The predicted molar refractivity (Wildman–Crippen MR) is 85.1 cm³/mol. The molecular weight excluding hydrogens is 274 g/mol. The van der Waals surface area contributed by atoms with Crippen LogP contribution in [0.1, 0.15) is 51.8 Å². The molecule has 0 heterocycles. The van der Waals surface area contributed by atoms with E-state index < -0.39 is 5.41 Å². The lowest BCUT2D eigenvalue weighted by Gasteiger charge is -2.29. The van der Waals surface area contributed by atoms with Gasteiger partial charge in [-0.05, 0) is 30.4 Å². The molecule has 2 N–H and O–H groups in total. The minimum Gasteiger partial charge on any atom is -0.469 e. The largest absolute Gasteiger partial charge is 0.469 e. The van der Waals surface area contributed by atoms with Crippen molar-refractivity contribution < 1.29 is 9.53 Å². The van der Waals surface area contributed by atoms with E-state index in [1.165, 1.54) is 12.7 Å². The highest BCUT2D eigenvalue weighted by molar-refractivity contribution is 5.85. The fourth-order valence-electron chi connectivity index (χ4n) is 2.00. The van der Waals surface area contributed by atoms with Crippen molar-refractivity contribution >= 4 is 18.4 Å². The van der Waals surface area contributed by atoms with Crippen molar-refractivity contribution in [3.8, 4) is 0 Å². The van der Waals surface area contributed by atoms with Crippen molar-refractivity contribution in [3.05, 3.63) is 35.4 Å². The number of esters is 1. The minimum atomic E-state index is -0.738. The van der Waals surface area contributed by atoms with E-state index in [1.54, 1.807) is 13.8 Å². The monoisotopic (exact) mass is 299 g/mol. The van der Waals surface area contributed by atoms with Crippen molar-refractivity contribution in [3.63, 3.8) is 0 Å². The Morgan fingerprint density at radius 3 is 1.90 bits per heavy atom. The van der Waals surface area contributed by atoms with E-state index in [4.69, 9.17) is 10.5 Å². The fourth-order valence-corrected chi connectivity index (χ4v) is 2.00. The first kappa shape index (κ1) is 18.9. The number of nitrogens with two attached hydrogens (primary N) is 1. The van der Waals surface area contributed by atoms with Crippen LogP contribution in [-0.2, 0) is 14.9 Å². The summed E-state index contributed by atoms with van der Waals surface area (Å²) in [4.78, 5) is 11.8. The molecule has 0 saturated heterocycles. The Labute approximate surface area is 128 Å². The van der Waals surface area contributed by atoms with Gasteiger partial charge in [-0.25, -0.2) is 0 Å². The van der Waals surface area contributed by atoms with Gasteiger partial charge in [-0.1, -0.05) is 45.0 Å². The van der Waals surface area contributed by atoms with Gasteiger partial charge in [0, 0.05) is 6.04 Å². The Morgan fingerprint density at radius 1 is 1.10 bits per heavy atom. The second-order valence-electron chi connectivity index (χ2n) is 6.56. The SMILES string of the molecule is COC(=O)C(C)(C)[C@H](N)c1ccc(C(C)(C)C)cc1.Cl. The molecule has 1 aromatic carbocycles. The van der Waals surface area contributed by atoms with Crippen LogP contribution in [0, 0.1) is 5.41 Å². The van der Waals surface area contributed by atoms with Gasteiger partial charge < -0.3 is 10.5 Å². The molecule has 1 aromatic rings. The first-order chi connectivity index (χ1) is 8.60. The molecule has 20 heavy (non-hydrogen) atoms. The molecule has 0 bridgehead atoms. The summed E-state index contributed by atoms with van der Waals surface area (Å²) in [5, 5.41) is 0. The highest BCUT2D eigenvalue weighted by atomic mass is 35.5. The Hall–Kier alpha value is -1.06. The van der Waals surface area contributed by atoms with Crippen molar-refractivity contribution in [1.82, 2.24) is 0 Å². The normalized spacial score (nSPS) is 13.3. The summed E-state index contributed by atoms with van der Waals surface area (Å²) in [7, 11) is 1.39. The third-order valence-corrected chi connectivity index (χ3v) is 3.62. The van der Waals surface area contributed by atoms with Gasteiger partial charge in [0.25, 0.3) is 0 Å². The van der Waals surface area contributed by atoms with Gasteiger partial charge >= 0.3 is 5.97 Å². The first-order valence-electron chi connectivity index (χ1n) is 6.55. The molecule has 0 aliphatic carbocycles. The van der Waals surface area contributed by atoms with Crippen LogP contribution >= 0.6 is 12.4 Å². The number of hydrogen-bond acceptors (Lipinski definition) is 3. The molecular formula is C16H26ClNO2. The summed E-state index contributed by atoms with van der Waals surface area (Å²) in [5.74, 6) is -0.292. The summed E-state index contributed by atoms with van der Waals surface area (Å²) in [6, 6.07) is 7.76. The predicted octanol–water partition coefficient (Wildman–Crippen LogP) is 3.60. The number of rotatable bonds is 3. The van der Waals surface area contributed by atoms with Gasteiger partial charge in [-0.2, -0.15) is 0 Å². The molecule has 4 heteroatoms. The number of methoxy groups -OCH3 is 1. The van der Waals surface area contributed by atoms with E-state index in [0.717, 1.165) is 5.56 Å². The number of benzene rings is 1. The Morgan fingerprint density at radius 2 is 1.55 bits per heavy atom. The van der Waals surface area contributed by atoms with E-state index in [9.17, 15) is 4.79 Å². The topological polar surface area (TPSA) is 52.3 Å². The number of carbonyl (C=O) groups excluding carboxylic acids is 1. The molecule has 0 saturated carbocycles. The molecule has 0 spiro atoms. The minimum absolute atomic E-state index is 0. The van der Waals surface area contributed by atoms with E-state index in [0.29, 0.717) is 0 Å². The molecule has 0 aliphatic rings. The van der Waals surface area contributed by atoms with Crippen LogP contribution in [0.3, 0.4) is 0 Å². The second-order valence-corrected chi connectivity index (χ2v) is 6.56. The molecule has 0 fully saturated rings. The average Bonchev–Trinajstić information content (AvgIpc) is 2.35. The maximum absolute atomic E-state index is 11.8. The molecule has 0 aromatic heterocycles. The number of carbonyl (C=O) groups is 1. The first-order valence-corrected chi connectivity index (χ1v) is 6.55. The highest BCUT2D eigenvalue weighted by Gasteiger charge is 2.36. The summed E-state index contributed by atoms with van der Waals surface area (Å²) < 4.78 is 4.82. The maximum atomic E-state index is 11.8. The molecule has 0 aliphatic heterocycles. The lowest BCUT2D eigenvalue weighted by molar-refractivity contribution is -0.152. The van der Waals surface area contributed by atoms with E-state index in [1.807, 2.05) is 12.1 Å². The van der Waals surface area contributed by atoms with Crippen molar-refractivity contribution in [1.29, 1.82) is 0 Å². The molecule has 1 atom stereocenters. The van der Waals surface area contributed by atoms with Crippen molar-refractivity contribution in [2.24, 2.45) is 11.1 Å². The quantitative estimate of drug-likeness (QED) is 0.868. The molecule has 114 valence electrons. The van der Waals surface area contributed by atoms with Crippen LogP contribution in [0.4, 0.5) is 0 Å². The number of hydrogen-bond donors (Lipinski definition) is 1. The Bertz CT molecular complexity index is 447. The van der Waals surface area contributed by atoms with Gasteiger partial charge in [0.2, 0.25) is 0 Å². The third-order valence-electron chi connectivity index (χ3n) is 3.62. The average molecular weight is 300 g/mol. The van der Waals surface area contributed by atoms with Crippen LogP contribution in [0.25, 0.3) is 0 Å². The highest BCUT2D eigenvalue weighted by Crippen LogP contribution is 2.33. The molecule has 0 radical (unpaired) electrons. The van der Waals surface area contributed by atoms with Gasteiger partial charge in [-0.3, -0.25) is 4.79 Å². The smallest absolute Gasteiger partial charge is 0.313 e. The second kappa shape index (κ2) is 6.59. The molecule has 1 rings (SSSR count). The molecule has 3 nitrogen and oxygen atoms in total. The van der Waals surface area contributed by atoms with E-state index >= 15 is 0 Å². The summed E-state index contributed by atoms with van der Waals surface area (Å²) in [5.41, 5.74) is 7.78. The van der Waals surface area contributed by atoms with E-state index in [-0.39, 0.29) is 29.8 Å². The van der Waals surface area contributed by atoms with Gasteiger partial charge in [-0.15, -0.1) is 12.4 Å². The van der Waals surface area contributed by atoms with E-state index in [2.05, 4.69) is 32.9 Å². The zero-order valence-corrected chi connectivity index (χ0v) is 14.0. The summed E-state index contributed by atoms with van der Waals surface area (Å²) in [6.07, 6.45) is 0. The molecule has 0 amide bonds. The Kier molecular flexibility index (Phi) is 6.25.